The van der Waals surface area contributed by atoms with Gasteiger partial charge in [-0.1, -0.05) is 67.2 Å². The average Bonchev–Trinajstić information content (AvgIpc) is 3.48. The maximum absolute atomic E-state index is 14.2. The second-order valence-electron chi connectivity index (χ2n) is 14.1. The van der Waals surface area contributed by atoms with Crippen molar-refractivity contribution in [2.45, 2.75) is 105 Å². The van der Waals surface area contributed by atoms with Crippen LogP contribution in [0.15, 0.2) is 18.6 Å². The first kappa shape index (κ1) is 36.6. The number of nitrogens with one attached hydrogen (secondary N) is 3. The molecule has 1 saturated carbocycles. The Bertz CT molecular complexity index is 1260. The predicted molar refractivity (Wildman–Crippen MR) is 171 cm³/mol. The van der Waals surface area contributed by atoms with E-state index in [2.05, 4.69) is 25.9 Å². The van der Waals surface area contributed by atoms with Gasteiger partial charge in [-0.05, 0) is 42.4 Å². The number of ketones is 1. The summed E-state index contributed by atoms with van der Waals surface area (Å²) in [6.45, 7) is 11.7. The summed E-state index contributed by atoms with van der Waals surface area (Å²) >= 11 is 0. The Morgan fingerprint density at radius 3 is 2.20 bits per heavy atom. The first-order valence-corrected chi connectivity index (χ1v) is 16.5. The number of hydrogen-bond acceptors (Lipinski definition) is 8. The van der Waals surface area contributed by atoms with Crippen molar-refractivity contribution in [2.24, 2.45) is 34.8 Å². The molecule has 1 saturated heterocycles. The zero-order chi connectivity index (χ0) is 34.2. The molecule has 13 nitrogen and oxygen atoms in total. The molecule has 1 aliphatic carbocycles. The SMILES string of the molecule is CCC[C@H](NC(=O)C1CN(C(=O)[C@H](NC(=O)[C@H](NC(=O)c2cnccn2)C2CCCCC2)C(C)(C)C)CC1C(C)C)C(=O)C(N)=O. The lowest BCUT2D eigenvalue weighted by Gasteiger charge is -2.36. The molecule has 13 heteroatoms. The molecule has 1 aromatic heterocycles. The Morgan fingerprint density at radius 1 is 0.978 bits per heavy atom. The van der Waals surface area contributed by atoms with Crippen LogP contribution in [0.1, 0.15) is 97.0 Å². The lowest BCUT2D eigenvalue weighted by atomic mass is 9.82. The normalized spacial score (nSPS) is 20.8. The quantitative estimate of drug-likeness (QED) is 0.234. The molecule has 5 N–H and O–H groups in total. The minimum atomic E-state index is -1.11. The van der Waals surface area contributed by atoms with Crippen LogP contribution in [0.25, 0.3) is 0 Å². The zero-order valence-corrected chi connectivity index (χ0v) is 28.0. The third kappa shape index (κ3) is 9.32. The van der Waals surface area contributed by atoms with Gasteiger partial charge >= 0.3 is 0 Å². The molecule has 46 heavy (non-hydrogen) atoms. The summed E-state index contributed by atoms with van der Waals surface area (Å²) in [6.07, 6.45) is 9.50. The molecule has 2 aliphatic rings. The largest absolute Gasteiger partial charge is 0.363 e. The van der Waals surface area contributed by atoms with E-state index >= 15 is 0 Å². The molecule has 254 valence electrons. The van der Waals surface area contributed by atoms with Crippen molar-refractivity contribution >= 4 is 35.3 Å². The zero-order valence-electron chi connectivity index (χ0n) is 28.0. The Labute approximate surface area is 271 Å². The molecule has 0 radical (unpaired) electrons. The van der Waals surface area contributed by atoms with E-state index < -0.39 is 58.9 Å². The average molecular weight is 642 g/mol. The van der Waals surface area contributed by atoms with Crippen LogP contribution in [0.4, 0.5) is 0 Å². The Hall–Kier alpha value is -3.90. The van der Waals surface area contributed by atoms with Crippen LogP contribution in [0.2, 0.25) is 0 Å². The van der Waals surface area contributed by atoms with Crippen molar-refractivity contribution in [3.05, 3.63) is 24.3 Å². The van der Waals surface area contributed by atoms with Crippen LogP contribution in [-0.4, -0.2) is 81.4 Å². The summed E-state index contributed by atoms with van der Waals surface area (Å²) in [5.41, 5.74) is 4.61. The van der Waals surface area contributed by atoms with Crippen LogP contribution < -0.4 is 21.7 Å². The second kappa shape index (κ2) is 16.1. The van der Waals surface area contributed by atoms with Gasteiger partial charge in [0, 0.05) is 25.5 Å². The molecule has 1 aliphatic heterocycles. The van der Waals surface area contributed by atoms with Gasteiger partial charge in [-0.15, -0.1) is 0 Å². The van der Waals surface area contributed by atoms with Crippen molar-refractivity contribution in [1.82, 2.24) is 30.8 Å². The van der Waals surface area contributed by atoms with Gasteiger partial charge in [-0.3, -0.25) is 33.8 Å². The fourth-order valence-electron chi connectivity index (χ4n) is 6.53. The van der Waals surface area contributed by atoms with E-state index in [1.54, 1.807) is 4.90 Å². The Balaban J connectivity index is 1.82. The topological polar surface area (TPSA) is 194 Å². The number of carbonyl (C=O) groups is 6. The number of hydrogen-bond donors (Lipinski definition) is 4. The number of nitrogens with zero attached hydrogens (tertiary/aromatic N) is 3. The maximum atomic E-state index is 14.2. The predicted octanol–water partition coefficient (Wildman–Crippen LogP) is 1.76. The number of carbonyl (C=O) groups excluding carboxylic acids is 6. The van der Waals surface area contributed by atoms with Crippen molar-refractivity contribution in [3.63, 3.8) is 0 Å². The third-order valence-corrected chi connectivity index (χ3v) is 9.21. The van der Waals surface area contributed by atoms with Crippen LogP contribution in [-0.2, 0) is 24.0 Å². The molecular formula is C33H51N7O6. The number of primary amides is 1. The number of Topliss-reactive ketones (excluding diaryl/α,β-unsaturated/α-hetero) is 1. The molecule has 3 rings (SSSR count). The van der Waals surface area contributed by atoms with Crippen LogP contribution in [0.5, 0.6) is 0 Å². The van der Waals surface area contributed by atoms with Gasteiger partial charge in [0.25, 0.3) is 11.8 Å². The maximum Gasteiger partial charge on any atom is 0.287 e. The van der Waals surface area contributed by atoms with Gasteiger partial charge in [-0.25, -0.2) is 4.98 Å². The standard InChI is InChI=1S/C33H51N7O6/c1-7-11-23(26(41)28(34)42)37-29(43)22-18-40(17-21(22)19(2)3)32(46)27(33(4,5)6)39-31(45)25(20-12-9-8-10-13-20)38-30(44)24-16-35-14-15-36-24/h14-16,19-23,25,27H,7-13,17-18H2,1-6H3,(H2,34,42)(H,37,43)(H,38,44)(H,39,45)/t21?,22?,23-,25+,27-/m0/s1. The highest BCUT2D eigenvalue weighted by Gasteiger charge is 2.46. The highest BCUT2D eigenvalue weighted by Crippen LogP contribution is 2.33. The van der Waals surface area contributed by atoms with Gasteiger partial charge < -0.3 is 26.6 Å². The molecule has 2 heterocycles. The highest BCUT2D eigenvalue weighted by molar-refractivity contribution is 6.37. The molecule has 2 unspecified atom stereocenters. The summed E-state index contributed by atoms with van der Waals surface area (Å²) in [5, 5.41) is 8.55. The number of nitrogens with two attached hydrogens (primary N) is 1. The van der Waals surface area contributed by atoms with Gasteiger partial charge in [0.1, 0.15) is 17.8 Å². The highest BCUT2D eigenvalue weighted by atomic mass is 16.2. The first-order chi connectivity index (χ1) is 21.6. The van der Waals surface area contributed by atoms with Crippen LogP contribution in [0.3, 0.4) is 0 Å². The van der Waals surface area contributed by atoms with E-state index in [9.17, 15) is 28.8 Å². The lowest BCUT2D eigenvalue weighted by Crippen LogP contribution is -2.60. The van der Waals surface area contributed by atoms with Crippen LogP contribution >= 0.6 is 0 Å². The Morgan fingerprint density at radius 2 is 1.65 bits per heavy atom. The van der Waals surface area contributed by atoms with Crippen LogP contribution in [0, 0.1) is 29.1 Å². The van der Waals surface area contributed by atoms with Crippen molar-refractivity contribution in [1.29, 1.82) is 0 Å². The van der Waals surface area contributed by atoms with E-state index in [1.165, 1.54) is 18.6 Å². The number of rotatable bonds is 13. The molecule has 0 spiro atoms. The molecule has 1 aromatic rings. The van der Waals surface area contributed by atoms with E-state index in [1.807, 2.05) is 41.5 Å². The lowest BCUT2D eigenvalue weighted by molar-refractivity contribution is -0.140. The van der Waals surface area contributed by atoms with E-state index in [4.69, 9.17) is 5.73 Å². The Kier molecular flexibility index (Phi) is 12.8. The van der Waals surface area contributed by atoms with E-state index in [0.717, 1.165) is 32.1 Å². The first-order valence-electron chi connectivity index (χ1n) is 16.5. The third-order valence-electron chi connectivity index (χ3n) is 9.21. The summed E-state index contributed by atoms with van der Waals surface area (Å²) in [4.78, 5) is 88.3. The molecule has 2 fully saturated rings. The van der Waals surface area contributed by atoms with Gasteiger partial charge in [-0.2, -0.15) is 0 Å². The number of likely N-dealkylation sites (tertiary alicyclic amines) is 1. The van der Waals surface area contributed by atoms with Gasteiger partial charge in [0.2, 0.25) is 23.5 Å². The monoisotopic (exact) mass is 641 g/mol. The minimum Gasteiger partial charge on any atom is -0.363 e. The summed E-state index contributed by atoms with van der Waals surface area (Å²) < 4.78 is 0. The van der Waals surface area contributed by atoms with Gasteiger partial charge in [0.15, 0.2) is 0 Å². The minimum absolute atomic E-state index is 0.0275. The fraction of sp³-hybridized carbons (Fsp3) is 0.697. The number of aromatic nitrogens is 2. The molecule has 0 bridgehead atoms. The van der Waals surface area contributed by atoms with Crippen molar-refractivity contribution in [3.8, 4) is 0 Å². The smallest absolute Gasteiger partial charge is 0.287 e. The van der Waals surface area contributed by atoms with Crippen molar-refractivity contribution < 1.29 is 28.8 Å². The second-order valence-corrected chi connectivity index (χ2v) is 14.1. The van der Waals surface area contributed by atoms with E-state index in [-0.39, 0.29) is 48.9 Å². The summed E-state index contributed by atoms with van der Waals surface area (Å²) in [7, 11) is 0. The molecular weight excluding hydrogens is 590 g/mol. The molecule has 0 aromatic carbocycles. The van der Waals surface area contributed by atoms with Gasteiger partial charge in [0.05, 0.1) is 18.2 Å². The van der Waals surface area contributed by atoms with E-state index in [0.29, 0.717) is 6.42 Å². The molecule has 5 amide bonds. The molecule has 5 atom stereocenters. The summed E-state index contributed by atoms with van der Waals surface area (Å²) in [6, 6.07) is -2.84. The summed E-state index contributed by atoms with van der Waals surface area (Å²) in [5.74, 6) is -4.57. The number of amides is 5. The van der Waals surface area contributed by atoms with Crippen molar-refractivity contribution in [2.75, 3.05) is 13.1 Å². The fourth-order valence-corrected chi connectivity index (χ4v) is 6.53.